The number of carbonyl (C=O) groups is 2. The first-order valence-corrected chi connectivity index (χ1v) is 11.5. The molecule has 1 unspecified atom stereocenters. The Morgan fingerprint density at radius 3 is 2.43 bits per heavy atom. The summed E-state index contributed by atoms with van der Waals surface area (Å²) in [5.74, 6) is -2.20. The average molecular weight is 496 g/mol. The monoisotopic (exact) mass is 495 g/mol. The maximum Gasteiger partial charge on any atom is 0.300 e. The van der Waals surface area contributed by atoms with Crippen LogP contribution in [0.25, 0.3) is 5.76 Å². The Labute approximate surface area is 207 Å². The van der Waals surface area contributed by atoms with Crippen LogP contribution in [0, 0.1) is 5.82 Å². The first-order chi connectivity index (χ1) is 16.9. The lowest BCUT2D eigenvalue weighted by Crippen LogP contribution is -2.29. The quantitative estimate of drug-likeness (QED) is 0.251. The first-order valence-electron chi connectivity index (χ1n) is 11.1. The molecule has 6 nitrogen and oxygen atoms in total. The highest BCUT2D eigenvalue weighted by molar-refractivity contribution is 6.51. The van der Waals surface area contributed by atoms with Gasteiger partial charge in [-0.25, -0.2) is 4.39 Å². The predicted molar refractivity (Wildman–Crippen MR) is 131 cm³/mol. The number of amides is 1. The smallest absolute Gasteiger partial charge is 0.300 e. The van der Waals surface area contributed by atoms with Gasteiger partial charge < -0.3 is 14.6 Å². The van der Waals surface area contributed by atoms with Gasteiger partial charge in [-0.3, -0.25) is 14.5 Å². The molecule has 1 amide bonds. The molecule has 35 heavy (non-hydrogen) atoms. The summed E-state index contributed by atoms with van der Waals surface area (Å²) < 4.78 is 26.2. The highest BCUT2D eigenvalue weighted by Crippen LogP contribution is 2.44. The van der Waals surface area contributed by atoms with E-state index in [1.165, 1.54) is 30.3 Å². The normalized spacial score (nSPS) is 17.0. The van der Waals surface area contributed by atoms with Crippen molar-refractivity contribution in [2.45, 2.75) is 19.9 Å². The molecule has 1 atom stereocenters. The number of carbonyl (C=O) groups excluding carboxylic acids is 2. The van der Waals surface area contributed by atoms with E-state index < -0.39 is 29.3 Å². The van der Waals surface area contributed by atoms with Crippen molar-refractivity contribution in [3.8, 4) is 11.5 Å². The number of ether oxygens (including phenoxy) is 2. The van der Waals surface area contributed by atoms with Crippen molar-refractivity contribution in [2.24, 2.45) is 0 Å². The van der Waals surface area contributed by atoms with Gasteiger partial charge in [0.05, 0.1) is 30.4 Å². The average Bonchev–Trinajstić information content (AvgIpc) is 3.10. The third-order valence-corrected chi connectivity index (χ3v) is 5.78. The van der Waals surface area contributed by atoms with Gasteiger partial charge in [-0.2, -0.15) is 0 Å². The molecule has 0 radical (unpaired) electrons. The molecule has 180 valence electrons. The van der Waals surface area contributed by atoms with Crippen molar-refractivity contribution in [1.82, 2.24) is 0 Å². The second-order valence-electron chi connectivity index (χ2n) is 7.69. The Morgan fingerprint density at radius 1 is 1.00 bits per heavy atom. The predicted octanol–water partition coefficient (Wildman–Crippen LogP) is 5.90. The van der Waals surface area contributed by atoms with E-state index >= 15 is 4.39 Å². The van der Waals surface area contributed by atoms with Gasteiger partial charge in [0.25, 0.3) is 11.7 Å². The lowest BCUT2D eigenvalue weighted by atomic mass is 9.94. The zero-order valence-corrected chi connectivity index (χ0v) is 19.9. The molecule has 1 fully saturated rings. The van der Waals surface area contributed by atoms with Crippen molar-refractivity contribution in [1.29, 1.82) is 0 Å². The molecule has 0 spiro atoms. The molecule has 0 aromatic heterocycles. The summed E-state index contributed by atoms with van der Waals surface area (Å²) in [7, 11) is 0. The fraction of sp³-hybridized carbons (Fsp3) is 0.185. The van der Waals surface area contributed by atoms with E-state index in [0.717, 1.165) is 4.90 Å². The standard InChI is InChI=1S/C27H23ClFNO5/c1-3-34-18-12-13-20(22(15-18)35-4-2)25(31)23-24(19-10-5-6-11-21(19)29)30(27(33)26(23)32)17-9-7-8-16(28)14-17/h5-15,24,31H,3-4H2,1-2H3/b25-23+. The zero-order chi connectivity index (χ0) is 25.1. The fourth-order valence-electron chi connectivity index (χ4n) is 4.09. The summed E-state index contributed by atoms with van der Waals surface area (Å²) in [5, 5.41) is 11.7. The molecule has 0 bridgehead atoms. The van der Waals surface area contributed by atoms with Gasteiger partial charge in [0, 0.05) is 22.3 Å². The van der Waals surface area contributed by atoms with E-state index in [1.54, 1.807) is 43.3 Å². The molecular weight excluding hydrogens is 473 g/mol. The number of aliphatic hydroxyl groups is 1. The second kappa shape index (κ2) is 10.2. The maximum atomic E-state index is 15.0. The highest BCUT2D eigenvalue weighted by Gasteiger charge is 2.48. The van der Waals surface area contributed by atoms with E-state index in [2.05, 4.69) is 0 Å². The van der Waals surface area contributed by atoms with Gasteiger partial charge in [-0.15, -0.1) is 0 Å². The van der Waals surface area contributed by atoms with Crippen LogP contribution in [0.3, 0.4) is 0 Å². The van der Waals surface area contributed by atoms with Gasteiger partial charge in [0.1, 0.15) is 23.1 Å². The van der Waals surface area contributed by atoms with Crippen molar-refractivity contribution < 1.29 is 28.6 Å². The molecule has 0 aliphatic carbocycles. The summed E-state index contributed by atoms with van der Waals surface area (Å²) in [6, 6.07) is 15.7. The number of nitrogens with zero attached hydrogens (tertiary/aromatic N) is 1. The number of anilines is 1. The Kier molecular flexibility index (Phi) is 7.07. The summed E-state index contributed by atoms with van der Waals surface area (Å²) in [5.41, 5.74) is 0.270. The molecule has 1 N–H and O–H groups in total. The summed E-state index contributed by atoms with van der Waals surface area (Å²) >= 11 is 6.14. The molecular formula is C27H23ClFNO5. The van der Waals surface area contributed by atoms with Crippen molar-refractivity contribution >= 4 is 34.7 Å². The summed E-state index contributed by atoms with van der Waals surface area (Å²) in [4.78, 5) is 27.7. The van der Waals surface area contributed by atoms with Crippen LogP contribution in [-0.4, -0.2) is 30.0 Å². The third kappa shape index (κ3) is 4.59. The van der Waals surface area contributed by atoms with Crippen LogP contribution < -0.4 is 14.4 Å². The number of ketones is 1. The number of hydrogen-bond donors (Lipinski definition) is 1. The largest absolute Gasteiger partial charge is 0.507 e. The molecule has 1 heterocycles. The van der Waals surface area contributed by atoms with Gasteiger partial charge in [0.2, 0.25) is 0 Å². The first kappa shape index (κ1) is 24.3. The number of rotatable bonds is 7. The molecule has 3 aromatic rings. The van der Waals surface area contributed by atoms with Crippen LogP contribution in [0.4, 0.5) is 10.1 Å². The summed E-state index contributed by atoms with van der Waals surface area (Å²) in [6.45, 7) is 4.31. The number of halogens is 2. The van der Waals surface area contributed by atoms with Crippen molar-refractivity contribution in [3.05, 3.63) is 94.3 Å². The molecule has 1 aliphatic heterocycles. The van der Waals surface area contributed by atoms with E-state index in [1.807, 2.05) is 6.92 Å². The lowest BCUT2D eigenvalue weighted by molar-refractivity contribution is -0.132. The highest BCUT2D eigenvalue weighted by atomic mass is 35.5. The Hall–Kier alpha value is -3.84. The van der Waals surface area contributed by atoms with Crippen molar-refractivity contribution in [2.75, 3.05) is 18.1 Å². The number of Topliss-reactive ketones (excluding diaryl/α,β-unsaturated/α-hetero) is 1. The number of hydrogen-bond acceptors (Lipinski definition) is 5. The Balaban J connectivity index is 1.97. The van der Waals surface area contributed by atoms with Gasteiger partial charge in [-0.05, 0) is 50.2 Å². The third-order valence-electron chi connectivity index (χ3n) is 5.55. The summed E-state index contributed by atoms with van der Waals surface area (Å²) in [6.07, 6.45) is 0. The van der Waals surface area contributed by atoms with E-state index in [0.29, 0.717) is 23.1 Å². The molecule has 0 saturated carbocycles. The zero-order valence-electron chi connectivity index (χ0n) is 19.1. The minimum Gasteiger partial charge on any atom is -0.507 e. The van der Waals surface area contributed by atoms with E-state index in [9.17, 15) is 14.7 Å². The van der Waals surface area contributed by atoms with Crippen LogP contribution >= 0.6 is 11.6 Å². The van der Waals surface area contributed by atoms with Crippen LogP contribution in [-0.2, 0) is 9.59 Å². The van der Waals surface area contributed by atoms with Crippen LogP contribution in [0.1, 0.15) is 31.0 Å². The minimum atomic E-state index is -1.23. The van der Waals surface area contributed by atoms with E-state index in [-0.39, 0.29) is 29.1 Å². The maximum absolute atomic E-state index is 15.0. The van der Waals surface area contributed by atoms with Crippen LogP contribution in [0.5, 0.6) is 11.5 Å². The van der Waals surface area contributed by atoms with E-state index in [4.69, 9.17) is 21.1 Å². The topological polar surface area (TPSA) is 76.1 Å². The number of benzene rings is 3. The van der Waals surface area contributed by atoms with Crippen LogP contribution in [0.2, 0.25) is 5.02 Å². The SMILES string of the molecule is CCOc1ccc(/C(O)=C2\C(=O)C(=O)N(c3cccc(Cl)c3)C2c2ccccc2F)c(OCC)c1. The lowest BCUT2D eigenvalue weighted by Gasteiger charge is -2.26. The number of aliphatic hydroxyl groups excluding tert-OH is 1. The fourth-order valence-corrected chi connectivity index (χ4v) is 4.28. The minimum absolute atomic E-state index is 0.0529. The van der Waals surface area contributed by atoms with Gasteiger partial charge in [0.15, 0.2) is 0 Å². The van der Waals surface area contributed by atoms with Gasteiger partial charge >= 0.3 is 0 Å². The Morgan fingerprint density at radius 2 is 1.74 bits per heavy atom. The molecule has 1 saturated heterocycles. The molecule has 4 rings (SSSR count). The van der Waals surface area contributed by atoms with Crippen molar-refractivity contribution in [3.63, 3.8) is 0 Å². The van der Waals surface area contributed by atoms with Crippen LogP contribution in [0.15, 0.2) is 72.3 Å². The molecule has 8 heteroatoms. The second-order valence-corrected chi connectivity index (χ2v) is 8.13. The Bertz CT molecular complexity index is 1320. The molecule has 1 aliphatic rings. The van der Waals surface area contributed by atoms with Gasteiger partial charge in [-0.1, -0.05) is 35.9 Å². The molecule has 3 aromatic carbocycles.